The molecule has 0 spiro atoms. The molecule has 1 aromatic heterocycles. The average Bonchev–Trinajstić information content (AvgIpc) is 3.36. The molecule has 0 bridgehead atoms. The molecule has 2 saturated heterocycles. The number of hydrogen-bond donors (Lipinski definition) is 4. The molecule has 2 unspecified atom stereocenters. The number of benzene rings is 1. The van der Waals surface area contributed by atoms with Crippen LogP contribution < -0.4 is 20.8 Å². The van der Waals surface area contributed by atoms with Crippen LogP contribution in [0.3, 0.4) is 0 Å². The number of nitrogens with zero attached hydrogens (tertiary/aromatic N) is 2. The minimum atomic E-state index is -0.999. The lowest BCUT2D eigenvalue weighted by molar-refractivity contribution is -0.147. The molecule has 11 heteroatoms. The summed E-state index contributed by atoms with van der Waals surface area (Å²) in [6.07, 6.45) is 6.93. The fraction of sp³-hybridized carbons (Fsp3) is 0.613. The number of aromatic nitrogens is 1. The molecule has 2 fully saturated rings. The summed E-state index contributed by atoms with van der Waals surface area (Å²) in [5, 5.41) is 18.9. The van der Waals surface area contributed by atoms with Crippen molar-refractivity contribution in [1.29, 1.82) is 0 Å². The molecule has 42 heavy (non-hydrogen) atoms. The van der Waals surface area contributed by atoms with E-state index >= 15 is 0 Å². The highest BCUT2D eigenvalue weighted by molar-refractivity contribution is 5.98. The molecule has 4 N–H and O–H groups in total. The van der Waals surface area contributed by atoms with Gasteiger partial charge < -0.3 is 30.8 Å². The van der Waals surface area contributed by atoms with E-state index in [9.17, 15) is 24.3 Å². The van der Waals surface area contributed by atoms with Crippen LogP contribution in [0.5, 0.6) is 0 Å². The van der Waals surface area contributed by atoms with Crippen molar-refractivity contribution in [3.63, 3.8) is 0 Å². The van der Waals surface area contributed by atoms with Gasteiger partial charge in [0, 0.05) is 31.2 Å². The van der Waals surface area contributed by atoms with Gasteiger partial charge in [0.15, 0.2) is 0 Å². The van der Waals surface area contributed by atoms with Crippen molar-refractivity contribution < 1.29 is 29.1 Å². The van der Waals surface area contributed by atoms with Crippen molar-refractivity contribution >= 4 is 34.5 Å². The molecule has 4 rings (SSSR count). The number of aliphatic hydroxyl groups is 1. The smallest absolute Gasteiger partial charge is 0.246 e. The van der Waals surface area contributed by atoms with Crippen molar-refractivity contribution in [2.75, 3.05) is 20.3 Å². The second-order valence-electron chi connectivity index (χ2n) is 11.5. The molecule has 0 radical (unpaired) electrons. The van der Waals surface area contributed by atoms with Crippen LogP contribution in [0, 0.1) is 5.92 Å². The van der Waals surface area contributed by atoms with Crippen molar-refractivity contribution in [3.05, 3.63) is 36.0 Å². The predicted molar refractivity (Wildman–Crippen MR) is 158 cm³/mol. The van der Waals surface area contributed by atoms with E-state index in [1.165, 1.54) is 0 Å². The van der Waals surface area contributed by atoms with Gasteiger partial charge in [-0.3, -0.25) is 19.2 Å². The van der Waals surface area contributed by atoms with Gasteiger partial charge >= 0.3 is 0 Å². The summed E-state index contributed by atoms with van der Waals surface area (Å²) < 4.78 is 1.62. The van der Waals surface area contributed by atoms with E-state index in [4.69, 9.17) is 4.84 Å². The average molecular weight is 584 g/mol. The topological polar surface area (TPSA) is 142 Å². The summed E-state index contributed by atoms with van der Waals surface area (Å²) in [7, 11) is 1.56. The van der Waals surface area contributed by atoms with Crippen molar-refractivity contribution in [1.82, 2.24) is 25.6 Å². The highest BCUT2D eigenvalue weighted by Gasteiger charge is 2.40. The second kappa shape index (κ2) is 14.5. The molecular formula is C31H45N5O6. The molecule has 3 heterocycles. The standard InChI is InChI=1S/C31H45N5O6/c1-4-20(2)27-31(41)35-16-10-9-15-26(35)30(40)32-23(13-6-5-11-17-37)28(38)33-24(29(39)34-27)18-21-19-36(42-3)25-14-8-7-12-22(21)25/h7-8,12,14,19-20,23-24,26-27,37H,4-6,9-11,13,15-18H2,1-3H3,(H,32,40)(H,33,38)(H,34,39)/t20?,23-,24?,26+,27-/m0/s1. The molecule has 2 aromatic rings. The summed E-state index contributed by atoms with van der Waals surface area (Å²) in [6, 6.07) is 4.23. The zero-order valence-electron chi connectivity index (χ0n) is 24.9. The molecule has 230 valence electrons. The van der Waals surface area contributed by atoms with Gasteiger partial charge in [-0.15, -0.1) is 0 Å². The maximum Gasteiger partial charge on any atom is 0.246 e. The number of fused-ring (bicyclic) bond motifs is 2. The van der Waals surface area contributed by atoms with Crippen LogP contribution >= 0.6 is 0 Å². The first-order valence-corrected chi connectivity index (χ1v) is 15.2. The van der Waals surface area contributed by atoms with Crippen molar-refractivity contribution in [2.45, 2.75) is 95.8 Å². The number of amides is 4. The van der Waals surface area contributed by atoms with Gasteiger partial charge in [-0.1, -0.05) is 51.3 Å². The monoisotopic (exact) mass is 583 g/mol. The molecule has 1 aromatic carbocycles. The Morgan fingerprint density at radius 1 is 0.976 bits per heavy atom. The molecule has 11 nitrogen and oxygen atoms in total. The molecular weight excluding hydrogens is 538 g/mol. The Balaban J connectivity index is 1.71. The third-order valence-electron chi connectivity index (χ3n) is 8.66. The zero-order valence-corrected chi connectivity index (χ0v) is 24.9. The fourth-order valence-corrected chi connectivity index (χ4v) is 5.99. The van der Waals surface area contributed by atoms with Gasteiger partial charge in [0.25, 0.3) is 0 Å². The number of piperidine rings is 1. The number of aliphatic hydroxyl groups excluding tert-OH is 1. The maximum absolute atomic E-state index is 14.0. The lowest BCUT2D eigenvalue weighted by Crippen LogP contribution is -2.64. The van der Waals surface area contributed by atoms with E-state index in [0.717, 1.165) is 29.3 Å². The van der Waals surface area contributed by atoms with Crippen LogP contribution in [0.4, 0.5) is 0 Å². The Kier molecular flexibility index (Phi) is 10.8. The third kappa shape index (κ3) is 7.06. The van der Waals surface area contributed by atoms with Gasteiger partial charge in [0.1, 0.15) is 31.3 Å². The van der Waals surface area contributed by atoms with Crippen molar-refractivity contribution in [3.8, 4) is 0 Å². The van der Waals surface area contributed by atoms with Gasteiger partial charge in [0.05, 0.1) is 5.52 Å². The predicted octanol–water partition coefficient (Wildman–Crippen LogP) is 1.69. The summed E-state index contributed by atoms with van der Waals surface area (Å²) in [5.41, 5.74) is 1.62. The van der Waals surface area contributed by atoms with E-state index in [1.807, 2.05) is 38.1 Å². The lowest BCUT2D eigenvalue weighted by Gasteiger charge is -2.39. The van der Waals surface area contributed by atoms with Gasteiger partial charge in [-0.25, -0.2) is 0 Å². The molecule has 4 amide bonds. The Labute approximate surface area is 247 Å². The SMILES string of the molecule is CCC(C)[C@@H]1NC(=O)C(Cc2cn(OC)c3ccccc23)NC(=O)[C@H](CCCCCO)NC(=O)[C@H]2CCCCN2C1=O. The highest BCUT2D eigenvalue weighted by atomic mass is 16.6. The number of carbonyl (C=O) groups is 4. The van der Waals surface area contributed by atoms with Crippen LogP contribution in [0.2, 0.25) is 0 Å². The van der Waals surface area contributed by atoms with Crippen LogP contribution in [-0.2, 0) is 25.6 Å². The minimum Gasteiger partial charge on any atom is -0.417 e. The summed E-state index contributed by atoms with van der Waals surface area (Å²) in [4.78, 5) is 62.3. The highest BCUT2D eigenvalue weighted by Crippen LogP contribution is 2.24. The number of carbonyl (C=O) groups excluding carboxylic acids is 4. The Hall–Kier alpha value is -3.60. The van der Waals surface area contributed by atoms with Gasteiger partial charge in [-0.05, 0) is 49.7 Å². The Morgan fingerprint density at radius 2 is 1.71 bits per heavy atom. The second-order valence-corrected chi connectivity index (χ2v) is 11.5. The number of nitrogens with one attached hydrogen (secondary N) is 3. The van der Waals surface area contributed by atoms with Gasteiger partial charge in [0.2, 0.25) is 23.6 Å². The van der Waals surface area contributed by atoms with Crippen LogP contribution in [-0.4, -0.2) is 82.8 Å². The molecule has 0 aliphatic carbocycles. The lowest BCUT2D eigenvalue weighted by atomic mass is 9.93. The third-order valence-corrected chi connectivity index (χ3v) is 8.66. The first kappa shape index (κ1) is 31.3. The Morgan fingerprint density at radius 3 is 2.45 bits per heavy atom. The largest absolute Gasteiger partial charge is 0.417 e. The van der Waals surface area contributed by atoms with E-state index in [-0.39, 0.29) is 30.8 Å². The first-order valence-electron chi connectivity index (χ1n) is 15.2. The Bertz CT molecular complexity index is 1260. The summed E-state index contributed by atoms with van der Waals surface area (Å²) in [6.45, 7) is 4.35. The molecule has 2 aliphatic heterocycles. The van der Waals surface area contributed by atoms with E-state index in [2.05, 4.69) is 16.0 Å². The molecule has 5 atom stereocenters. The van der Waals surface area contributed by atoms with E-state index in [1.54, 1.807) is 22.9 Å². The summed E-state index contributed by atoms with van der Waals surface area (Å²) in [5.74, 6) is -1.69. The number of hydrogen-bond acceptors (Lipinski definition) is 6. The number of unbranched alkanes of at least 4 members (excludes halogenated alkanes) is 2. The van der Waals surface area contributed by atoms with Crippen LogP contribution in [0.1, 0.15) is 70.8 Å². The first-order chi connectivity index (χ1) is 20.3. The minimum absolute atomic E-state index is 0.0526. The van der Waals surface area contributed by atoms with Gasteiger partial charge in [-0.2, -0.15) is 4.73 Å². The number of para-hydroxylation sites is 1. The van der Waals surface area contributed by atoms with Crippen LogP contribution in [0.25, 0.3) is 10.9 Å². The molecule has 2 aliphatic rings. The van der Waals surface area contributed by atoms with E-state index < -0.39 is 36.0 Å². The fourth-order valence-electron chi connectivity index (χ4n) is 5.99. The normalized spacial score (nSPS) is 24.6. The van der Waals surface area contributed by atoms with Crippen molar-refractivity contribution in [2.24, 2.45) is 5.92 Å². The zero-order chi connectivity index (χ0) is 30.2. The summed E-state index contributed by atoms with van der Waals surface area (Å²) >= 11 is 0. The van der Waals surface area contributed by atoms with E-state index in [0.29, 0.717) is 45.1 Å². The maximum atomic E-state index is 14.0. The number of rotatable bonds is 10. The molecule has 0 saturated carbocycles. The van der Waals surface area contributed by atoms with Crippen LogP contribution in [0.15, 0.2) is 30.5 Å². The quantitative estimate of drug-likeness (QED) is 0.314.